The van der Waals surface area contributed by atoms with Crippen LogP contribution in [0.15, 0.2) is 6.07 Å². The second-order valence-electron chi connectivity index (χ2n) is 6.12. The summed E-state index contributed by atoms with van der Waals surface area (Å²) in [5.74, 6) is 4.42. The predicted octanol–water partition coefficient (Wildman–Crippen LogP) is 3.85. The van der Waals surface area contributed by atoms with Crippen LogP contribution in [-0.2, 0) is 0 Å². The molecule has 0 saturated heterocycles. The fourth-order valence-electron chi connectivity index (χ4n) is 2.78. The standard InChI is InChI=1S/C16H28N4/c1-4-9-17-15-10-16(20-13(3)19-15)18-11-14-7-5-12(2)6-8-14/h10,12,14H,4-9,11H2,1-3H3,(H2,17,18,19,20). The molecule has 1 aliphatic rings. The summed E-state index contributed by atoms with van der Waals surface area (Å²) in [6, 6.07) is 2.02. The van der Waals surface area contributed by atoms with Crippen LogP contribution in [0.25, 0.3) is 0 Å². The number of nitrogens with one attached hydrogen (secondary N) is 2. The molecule has 0 atom stereocenters. The van der Waals surface area contributed by atoms with Crippen LogP contribution in [0.2, 0.25) is 0 Å². The van der Waals surface area contributed by atoms with Gasteiger partial charge in [0.2, 0.25) is 0 Å². The first-order valence-corrected chi connectivity index (χ1v) is 8.00. The van der Waals surface area contributed by atoms with Crippen molar-refractivity contribution in [2.45, 2.75) is 52.9 Å². The molecule has 0 aliphatic heterocycles. The maximum Gasteiger partial charge on any atom is 0.131 e. The average molecular weight is 276 g/mol. The molecule has 0 amide bonds. The van der Waals surface area contributed by atoms with E-state index in [0.717, 1.165) is 48.8 Å². The van der Waals surface area contributed by atoms with Crippen molar-refractivity contribution in [2.24, 2.45) is 11.8 Å². The Labute approximate surface area is 122 Å². The first kappa shape index (κ1) is 15.1. The molecule has 1 fully saturated rings. The van der Waals surface area contributed by atoms with Crippen LogP contribution in [0.5, 0.6) is 0 Å². The minimum Gasteiger partial charge on any atom is -0.370 e. The van der Waals surface area contributed by atoms with Gasteiger partial charge >= 0.3 is 0 Å². The third kappa shape index (κ3) is 4.66. The number of anilines is 2. The highest BCUT2D eigenvalue weighted by atomic mass is 15.1. The lowest BCUT2D eigenvalue weighted by atomic mass is 9.83. The number of aromatic nitrogens is 2. The number of hydrogen-bond donors (Lipinski definition) is 2. The molecule has 2 N–H and O–H groups in total. The van der Waals surface area contributed by atoms with E-state index in [1.807, 2.05) is 13.0 Å². The Morgan fingerprint density at radius 1 is 1.10 bits per heavy atom. The lowest BCUT2D eigenvalue weighted by molar-refractivity contribution is 0.300. The van der Waals surface area contributed by atoms with Crippen LogP contribution in [0.3, 0.4) is 0 Å². The molecule has 1 aromatic heterocycles. The molecule has 0 spiro atoms. The number of rotatable bonds is 6. The summed E-state index contributed by atoms with van der Waals surface area (Å²) in [4.78, 5) is 8.89. The molecule has 0 aromatic carbocycles. The summed E-state index contributed by atoms with van der Waals surface area (Å²) < 4.78 is 0. The monoisotopic (exact) mass is 276 g/mol. The molecule has 0 unspecified atom stereocenters. The molecule has 20 heavy (non-hydrogen) atoms. The maximum absolute atomic E-state index is 4.48. The highest BCUT2D eigenvalue weighted by molar-refractivity contribution is 5.47. The summed E-state index contributed by atoms with van der Waals surface area (Å²) in [6.07, 6.45) is 6.54. The molecule has 1 aliphatic carbocycles. The van der Waals surface area contributed by atoms with Crippen molar-refractivity contribution in [1.82, 2.24) is 9.97 Å². The van der Waals surface area contributed by atoms with Gasteiger partial charge in [-0.25, -0.2) is 9.97 Å². The summed E-state index contributed by atoms with van der Waals surface area (Å²) in [5, 5.41) is 6.82. The molecule has 1 saturated carbocycles. The zero-order chi connectivity index (χ0) is 14.4. The third-order valence-electron chi connectivity index (χ3n) is 4.10. The van der Waals surface area contributed by atoms with E-state index in [1.54, 1.807) is 0 Å². The van der Waals surface area contributed by atoms with Gasteiger partial charge in [0.25, 0.3) is 0 Å². The van der Waals surface area contributed by atoms with Crippen LogP contribution in [0.1, 0.15) is 51.8 Å². The topological polar surface area (TPSA) is 49.8 Å². The molecule has 4 nitrogen and oxygen atoms in total. The van der Waals surface area contributed by atoms with Crippen molar-refractivity contribution in [3.8, 4) is 0 Å². The van der Waals surface area contributed by atoms with Gasteiger partial charge in [0, 0.05) is 19.2 Å². The maximum atomic E-state index is 4.48. The summed E-state index contributed by atoms with van der Waals surface area (Å²) >= 11 is 0. The van der Waals surface area contributed by atoms with Crippen molar-refractivity contribution in [1.29, 1.82) is 0 Å². The zero-order valence-corrected chi connectivity index (χ0v) is 13.1. The van der Waals surface area contributed by atoms with E-state index in [0.29, 0.717) is 0 Å². The van der Waals surface area contributed by atoms with E-state index in [1.165, 1.54) is 25.7 Å². The van der Waals surface area contributed by atoms with Gasteiger partial charge in [-0.05, 0) is 38.0 Å². The number of hydrogen-bond acceptors (Lipinski definition) is 4. The summed E-state index contributed by atoms with van der Waals surface area (Å²) in [5.41, 5.74) is 0. The molecular weight excluding hydrogens is 248 g/mol. The highest BCUT2D eigenvalue weighted by Gasteiger charge is 2.18. The molecule has 0 bridgehead atoms. The van der Waals surface area contributed by atoms with Crippen LogP contribution < -0.4 is 10.6 Å². The van der Waals surface area contributed by atoms with Crippen LogP contribution >= 0.6 is 0 Å². The van der Waals surface area contributed by atoms with Crippen molar-refractivity contribution in [3.05, 3.63) is 11.9 Å². The summed E-state index contributed by atoms with van der Waals surface area (Å²) in [7, 11) is 0. The van der Waals surface area contributed by atoms with Gasteiger partial charge in [-0.3, -0.25) is 0 Å². The Balaban J connectivity index is 1.87. The van der Waals surface area contributed by atoms with Crippen LogP contribution in [-0.4, -0.2) is 23.1 Å². The molecule has 1 aromatic rings. The average Bonchev–Trinajstić information content (AvgIpc) is 2.44. The van der Waals surface area contributed by atoms with E-state index in [9.17, 15) is 0 Å². The molecule has 1 heterocycles. The fraction of sp³-hybridized carbons (Fsp3) is 0.750. The lowest BCUT2D eigenvalue weighted by Crippen LogP contribution is -2.20. The normalized spacial score (nSPS) is 22.6. The Morgan fingerprint density at radius 2 is 1.75 bits per heavy atom. The van der Waals surface area contributed by atoms with E-state index < -0.39 is 0 Å². The molecule has 2 rings (SSSR count). The SMILES string of the molecule is CCCNc1cc(NCC2CCC(C)CC2)nc(C)n1. The molecule has 0 radical (unpaired) electrons. The largest absolute Gasteiger partial charge is 0.370 e. The number of aryl methyl sites for hydroxylation is 1. The Hall–Kier alpha value is -1.32. The second kappa shape index (κ2) is 7.46. The molecule has 112 valence electrons. The van der Waals surface area contributed by atoms with Crippen LogP contribution in [0, 0.1) is 18.8 Å². The van der Waals surface area contributed by atoms with E-state index in [2.05, 4.69) is 34.4 Å². The van der Waals surface area contributed by atoms with Crippen molar-refractivity contribution < 1.29 is 0 Å². The molecule has 4 heteroatoms. The van der Waals surface area contributed by atoms with Gasteiger partial charge in [0.05, 0.1) is 0 Å². The lowest BCUT2D eigenvalue weighted by Gasteiger charge is -2.26. The van der Waals surface area contributed by atoms with Crippen molar-refractivity contribution in [3.63, 3.8) is 0 Å². The Kier molecular flexibility index (Phi) is 5.62. The first-order valence-electron chi connectivity index (χ1n) is 8.00. The van der Waals surface area contributed by atoms with Crippen molar-refractivity contribution >= 4 is 11.6 Å². The minimum atomic E-state index is 0.800. The van der Waals surface area contributed by atoms with Gasteiger partial charge in [0.15, 0.2) is 0 Å². The van der Waals surface area contributed by atoms with Crippen LogP contribution in [0.4, 0.5) is 11.6 Å². The fourth-order valence-corrected chi connectivity index (χ4v) is 2.78. The second-order valence-corrected chi connectivity index (χ2v) is 6.12. The van der Waals surface area contributed by atoms with Gasteiger partial charge in [0.1, 0.15) is 17.5 Å². The number of nitrogens with zero attached hydrogens (tertiary/aromatic N) is 2. The van der Waals surface area contributed by atoms with Crippen molar-refractivity contribution in [2.75, 3.05) is 23.7 Å². The van der Waals surface area contributed by atoms with E-state index >= 15 is 0 Å². The van der Waals surface area contributed by atoms with Gasteiger partial charge < -0.3 is 10.6 Å². The highest BCUT2D eigenvalue weighted by Crippen LogP contribution is 2.28. The smallest absolute Gasteiger partial charge is 0.131 e. The van der Waals surface area contributed by atoms with E-state index in [-0.39, 0.29) is 0 Å². The molecular formula is C16H28N4. The van der Waals surface area contributed by atoms with Gasteiger partial charge in [-0.15, -0.1) is 0 Å². The third-order valence-corrected chi connectivity index (χ3v) is 4.10. The Bertz CT molecular complexity index is 411. The van der Waals surface area contributed by atoms with E-state index in [4.69, 9.17) is 0 Å². The zero-order valence-electron chi connectivity index (χ0n) is 13.1. The Morgan fingerprint density at radius 3 is 2.40 bits per heavy atom. The predicted molar refractivity (Wildman–Crippen MR) is 85.2 cm³/mol. The van der Waals surface area contributed by atoms with Gasteiger partial charge in [-0.1, -0.05) is 26.7 Å². The summed E-state index contributed by atoms with van der Waals surface area (Å²) in [6.45, 7) is 8.46. The minimum absolute atomic E-state index is 0.800. The quantitative estimate of drug-likeness (QED) is 0.828. The first-order chi connectivity index (χ1) is 9.67. The van der Waals surface area contributed by atoms with Gasteiger partial charge in [-0.2, -0.15) is 0 Å².